The SMILES string of the molecule is CCC(C)N(CC(=O)O)C(=O)NCCN1CCCCC1. The summed E-state index contributed by atoms with van der Waals surface area (Å²) in [5.41, 5.74) is 0. The van der Waals surface area contributed by atoms with Crippen molar-refractivity contribution >= 4 is 12.0 Å². The molecule has 1 aliphatic rings. The molecule has 0 saturated carbocycles. The smallest absolute Gasteiger partial charge is 0.323 e. The van der Waals surface area contributed by atoms with E-state index < -0.39 is 5.97 Å². The maximum Gasteiger partial charge on any atom is 0.323 e. The molecular formula is C14H27N3O3. The number of urea groups is 1. The Morgan fingerprint density at radius 2 is 1.95 bits per heavy atom. The second-order valence-corrected chi connectivity index (χ2v) is 5.41. The van der Waals surface area contributed by atoms with E-state index in [-0.39, 0.29) is 18.6 Å². The number of carboxylic acid groups (broad SMARTS) is 1. The molecule has 0 aromatic heterocycles. The summed E-state index contributed by atoms with van der Waals surface area (Å²) in [6, 6.07) is -0.347. The minimum atomic E-state index is -0.975. The molecule has 0 bridgehead atoms. The van der Waals surface area contributed by atoms with Crippen LogP contribution in [0.1, 0.15) is 39.5 Å². The van der Waals surface area contributed by atoms with Crippen molar-refractivity contribution in [1.29, 1.82) is 0 Å². The molecule has 0 aromatic rings. The van der Waals surface area contributed by atoms with Crippen molar-refractivity contribution in [3.05, 3.63) is 0 Å². The van der Waals surface area contributed by atoms with Gasteiger partial charge in [-0.2, -0.15) is 0 Å². The van der Waals surface area contributed by atoms with Crippen LogP contribution in [0.3, 0.4) is 0 Å². The van der Waals surface area contributed by atoms with Gasteiger partial charge in [-0.1, -0.05) is 13.3 Å². The lowest BCUT2D eigenvalue weighted by Crippen LogP contribution is -2.49. The average molecular weight is 285 g/mol. The van der Waals surface area contributed by atoms with E-state index in [4.69, 9.17) is 5.11 Å². The average Bonchev–Trinajstić information content (AvgIpc) is 2.44. The fourth-order valence-electron chi connectivity index (χ4n) is 2.40. The molecule has 0 aromatic carbocycles. The van der Waals surface area contributed by atoms with Crippen LogP contribution in [-0.4, -0.2) is 65.7 Å². The highest BCUT2D eigenvalue weighted by Gasteiger charge is 2.21. The molecule has 0 aliphatic carbocycles. The van der Waals surface area contributed by atoms with Crippen LogP contribution >= 0.6 is 0 Å². The number of aliphatic carboxylic acids is 1. The van der Waals surface area contributed by atoms with Gasteiger partial charge in [0.05, 0.1) is 0 Å². The maximum absolute atomic E-state index is 12.1. The molecule has 2 N–H and O–H groups in total. The highest BCUT2D eigenvalue weighted by molar-refractivity contribution is 5.80. The lowest BCUT2D eigenvalue weighted by atomic mass is 10.1. The van der Waals surface area contributed by atoms with Crippen molar-refractivity contribution in [2.75, 3.05) is 32.7 Å². The van der Waals surface area contributed by atoms with Gasteiger partial charge < -0.3 is 20.2 Å². The van der Waals surface area contributed by atoms with E-state index in [1.54, 1.807) is 0 Å². The number of hydrogen-bond donors (Lipinski definition) is 2. The van der Waals surface area contributed by atoms with E-state index in [0.717, 1.165) is 26.1 Å². The number of likely N-dealkylation sites (tertiary alicyclic amines) is 1. The second-order valence-electron chi connectivity index (χ2n) is 5.41. The van der Waals surface area contributed by atoms with E-state index in [0.29, 0.717) is 6.54 Å². The summed E-state index contributed by atoms with van der Waals surface area (Å²) in [5, 5.41) is 11.7. The molecule has 1 unspecified atom stereocenters. The van der Waals surface area contributed by atoms with E-state index in [9.17, 15) is 9.59 Å². The highest BCUT2D eigenvalue weighted by atomic mass is 16.4. The van der Waals surface area contributed by atoms with Gasteiger partial charge in [0.25, 0.3) is 0 Å². The number of carboxylic acids is 1. The fourth-order valence-corrected chi connectivity index (χ4v) is 2.40. The molecule has 20 heavy (non-hydrogen) atoms. The number of nitrogens with zero attached hydrogens (tertiary/aromatic N) is 2. The molecule has 0 radical (unpaired) electrons. The Balaban J connectivity index is 2.34. The largest absolute Gasteiger partial charge is 0.480 e. The molecule has 6 nitrogen and oxygen atoms in total. The standard InChI is InChI=1S/C14H27N3O3/c1-3-12(2)17(11-13(18)19)14(20)15-7-10-16-8-5-4-6-9-16/h12H,3-11H2,1-2H3,(H,15,20)(H,18,19). The monoisotopic (exact) mass is 285 g/mol. The number of piperidine rings is 1. The first kappa shape index (κ1) is 16.8. The second kappa shape index (κ2) is 8.79. The van der Waals surface area contributed by atoms with Gasteiger partial charge >= 0.3 is 12.0 Å². The Morgan fingerprint density at radius 1 is 1.30 bits per heavy atom. The number of amides is 2. The van der Waals surface area contributed by atoms with E-state index in [2.05, 4.69) is 10.2 Å². The van der Waals surface area contributed by atoms with Gasteiger partial charge in [0.15, 0.2) is 0 Å². The number of nitrogens with one attached hydrogen (secondary N) is 1. The number of rotatable bonds is 7. The van der Waals surface area contributed by atoms with Crippen LogP contribution in [0.15, 0.2) is 0 Å². The van der Waals surface area contributed by atoms with Crippen molar-refractivity contribution < 1.29 is 14.7 Å². The van der Waals surface area contributed by atoms with Crippen molar-refractivity contribution in [1.82, 2.24) is 15.1 Å². The first-order valence-electron chi connectivity index (χ1n) is 7.53. The molecule has 0 spiro atoms. The van der Waals surface area contributed by atoms with Gasteiger partial charge in [0, 0.05) is 19.1 Å². The lowest BCUT2D eigenvalue weighted by molar-refractivity contribution is -0.138. The fraction of sp³-hybridized carbons (Fsp3) is 0.857. The third-order valence-electron chi connectivity index (χ3n) is 3.84. The summed E-state index contributed by atoms with van der Waals surface area (Å²) < 4.78 is 0. The number of carbonyl (C=O) groups is 2. The summed E-state index contributed by atoms with van der Waals surface area (Å²) in [6.07, 6.45) is 4.49. The zero-order valence-electron chi connectivity index (χ0n) is 12.6. The summed E-state index contributed by atoms with van der Waals surface area (Å²) in [7, 11) is 0. The highest BCUT2D eigenvalue weighted by Crippen LogP contribution is 2.07. The molecule has 2 amide bonds. The molecule has 1 aliphatic heterocycles. The number of hydrogen-bond acceptors (Lipinski definition) is 3. The summed E-state index contributed by atoms with van der Waals surface area (Å²) in [5.74, 6) is -0.975. The predicted molar refractivity (Wildman–Crippen MR) is 77.8 cm³/mol. The van der Waals surface area contributed by atoms with Crippen molar-refractivity contribution in [3.63, 3.8) is 0 Å². The van der Waals surface area contributed by atoms with Crippen molar-refractivity contribution in [3.8, 4) is 0 Å². The van der Waals surface area contributed by atoms with Crippen LogP contribution in [0, 0.1) is 0 Å². The quantitative estimate of drug-likeness (QED) is 0.741. The van der Waals surface area contributed by atoms with Gasteiger partial charge in [-0.15, -0.1) is 0 Å². The normalized spacial score (nSPS) is 17.5. The summed E-state index contributed by atoms with van der Waals surface area (Å²) in [6.45, 7) is 7.18. The van der Waals surface area contributed by atoms with Gasteiger partial charge in [0.2, 0.25) is 0 Å². The first-order valence-corrected chi connectivity index (χ1v) is 7.53. The zero-order valence-corrected chi connectivity index (χ0v) is 12.6. The Labute approximate surface area is 121 Å². The molecule has 1 fully saturated rings. The zero-order chi connectivity index (χ0) is 15.0. The predicted octanol–water partition coefficient (Wildman–Crippen LogP) is 1.37. The first-order chi connectivity index (χ1) is 9.54. The third-order valence-corrected chi connectivity index (χ3v) is 3.84. The Bertz CT molecular complexity index is 317. The molecular weight excluding hydrogens is 258 g/mol. The Hall–Kier alpha value is -1.30. The Morgan fingerprint density at radius 3 is 2.50 bits per heavy atom. The topological polar surface area (TPSA) is 72.9 Å². The van der Waals surface area contributed by atoms with Crippen LogP contribution in [0.2, 0.25) is 0 Å². The van der Waals surface area contributed by atoms with Crippen LogP contribution < -0.4 is 5.32 Å². The summed E-state index contributed by atoms with van der Waals surface area (Å²) >= 11 is 0. The van der Waals surface area contributed by atoms with Crippen LogP contribution in [0.25, 0.3) is 0 Å². The lowest BCUT2D eigenvalue weighted by Gasteiger charge is -2.29. The van der Waals surface area contributed by atoms with Crippen molar-refractivity contribution in [2.24, 2.45) is 0 Å². The molecule has 1 heterocycles. The van der Waals surface area contributed by atoms with E-state index in [1.165, 1.54) is 24.2 Å². The minimum Gasteiger partial charge on any atom is -0.480 e. The molecule has 1 atom stereocenters. The van der Waals surface area contributed by atoms with Gasteiger partial charge in [-0.25, -0.2) is 4.79 Å². The van der Waals surface area contributed by atoms with E-state index in [1.807, 2.05) is 13.8 Å². The molecule has 116 valence electrons. The number of carbonyl (C=O) groups excluding carboxylic acids is 1. The maximum atomic E-state index is 12.1. The van der Waals surface area contributed by atoms with E-state index >= 15 is 0 Å². The van der Waals surface area contributed by atoms with Crippen LogP contribution in [0.5, 0.6) is 0 Å². The Kier molecular flexibility index (Phi) is 7.36. The molecule has 1 rings (SSSR count). The van der Waals surface area contributed by atoms with Gasteiger partial charge in [-0.3, -0.25) is 4.79 Å². The van der Waals surface area contributed by atoms with Crippen molar-refractivity contribution in [2.45, 2.75) is 45.6 Å². The third kappa shape index (κ3) is 5.77. The minimum absolute atomic E-state index is 0.0684. The molecule has 6 heteroatoms. The van der Waals surface area contributed by atoms with Gasteiger partial charge in [-0.05, 0) is 39.3 Å². The molecule has 1 saturated heterocycles. The van der Waals surface area contributed by atoms with Crippen LogP contribution in [-0.2, 0) is 4.79 Å². The van der Waals surface area contributed by atoms with Gasteiger partial charge in [0.1, 0.15) is 6.54 Å². The van der Waals surface area contributed by atoms with Crippen LogP contribution in [0.4, 0.5) is 4.79 Å². The summed E-state index contributed by atoms with van der Waals surface area (Å²) in [4.78, 5) is 26.6.